The van der Waals surface area contributed by atoms with Crippen molar-refractivity contribution < 1.29 is 0 Å². The predicted octanol–water partition coefficient (Wildman–Crippen LogP) is 3.27. The monoisotopic (exact) mass is 264 g/mol. The minimum absolute atomic E-state index is 0.724. The number of hydrogen-bond acceptors (Lipinski definition) is 2. The fraction of sp³-hybridized carbons (Fsp3) is 1.00. The van der Waals surface area contributed by atoms with E-state index in [4.69, 9.17) is 0 Å². The summed E-state index contributed by atoms with van der Waals surface area (Å²) in [6.07, 6.45) is 8.78. The van der Waals surface area contributed by atoms with Gasteiger partial charge in [0.1, 0.15) is 0 Å². The summed E-state index contributed by atoms with van der Waals surface area (Å²) >= 11 is 0. The van der Waals surface area contributed by atoms with Gasteiger partial charge in [-0.2, -0.15) is 0 Å². The Labute approximate surface area is 119 Å². The lowest BCUT2D eigenvalue weighted by Crippen LogP contribution is -2.59. The van der Waals surface area contributed by atoms with Gasteiger partial charge >= 0.3 is 0 Å². The maximum Gasteiger partial charge on any atom is 0.0196 e. The van der Waals surface area contributed by atoms with Crippen LogP contribution in [0.1, 0.15) is 59.3 Å². The summed E-state index contributed by atoms with van der Waals surface area (Å²) in [7, 11) is 0. The average molecular weight is 264 g/mol. The molecule has 0 radical (unpaired) electrons. The number of rotatable bonds is 4. The van der Waals surface area contributed by atoms with Crippen molar-refractivity contribution in [3.63, 3.8) is 0 Å². The van der Waals surface area contributed by atoms with Gasteiger partial charge in [-0.1, -0.05) is 19.8 Å². The molecule has 1 aliphatic heterocycles. The molecule has 1 N–H and O–H groups in total. The molecule has 6 unspecified atom stereocenters. The molecular weight excluding hydrogens is 232 g/mol. The Morgan fingerprint density at radius 2 is 2.11 bits per heavy atom. The molecular formula is C17H32N2. The minimum atomic E-state index is 0.724. The summed E-state index contributed by atoms with van der Waals surface area (Å²) in [6.45, 7) is 9.72. The lowest BCUT2D eigenvalue weighted by molar-refractivity contribution is 0.0490. The summed E-state index contributed by atoms with van der Waals surface area (Å²) in [5.74, 6) is 3.15. The van der Waals surface area contributed by atoms with Crippen LogP contribution in [0.2, 0.25) is 0 Å². The Hall–Kier alpha value is -0.0800. The summed E-state index contributed by atoms with van der Waals surface area (Å²) in [5.41, 5.74) is 0. The summed E-state index contributed by atoms with van der Waals surface area (Å²) < 4.78 is 0. The van der Waals surface area contributed by atoms with Gasteiger partial charge in [0.2, 0.25) is 0 Å². The topological polar surface area (TPSA) is 15.3 Å². The number of hydrogen-bond donors (Lipinski definition) is 1. The maximum atomic E-state index is 3.74. The van der Waals surface area contributed by atoms with Crippen molar-refractivity contribution in [2.45, 2.75) is 77.4 Å². The van der Waals surface area contributed by atoms with E-state index in [-0.39, 0.29) is 0 Å². The highest BCUT2D eigenvalue weighted by Gasteiger charge is 2.44. The second-order valence-electron chi connectivity index (χ2n) is 7.52. The predicted molar refractivity (Wildman–Crippen MR) is 81.3 cm³/mol. The Kier molecular flexibility index (Phi) is 4.19. The zero-order chi connectivity index (χ0) is 13.4. The third-order valence-electron chi connectivity index (χ3n) is 6.27. The number of nitrogens with zero attached hydrogens (tertiary/aromatic N) is 1. The first-order valence-electron chi connectivity index (χ1n) is 8.68. The lowest BCUT2D eigenvalue weighted by atomic mass is 9.82. The van der Waals surface area contributed by atoms with Gasteiger partial charge in [0.05, 0.1) is 0 Å². The molecule has 0 amide bonds. The lowest BCUT2D eigenvalue weighted by Gasteiger charge is -2.45. The largest absolute Gasteiger partial charge is 0.311 e. The van der Waals surface area contributed by atoms with Gasteiger partial charge in [0.15, 0.2) is 0 Å². The van der Waals surface area contributed by atoms with Gasteiger partial charge in [-0.15, -0.1) is 0 Å². The van der Waals surface area contributed by atoms with E-state index in [0.717, 1.165) is 35.9 Å². The number of nitrogens with one attached hydrogen (secondary N) is 1. The highest BCUT2D eigenvalue weighted by Crippen LogP contribution is 2.50. The van der Waals surface area contributed by atoms with Crippen molar-refractivity contribution in [3.05, 3.63) is 0 Å². The molecule has 3 fully saturated rings. The van der Waals surface area contributed by atoms with Crippen LogP contribution in [0.4, 0.5) is 0 Å². The molecule has 3 rings (SSSR count). The first-order chi connectivity index (χ1) is 9.19. The molecule has 19 heavy (non-hydrogen) atoms. The van der Waals surface area contributed by atoms with Gasteiger partial charge in [-0.3, -0.25) is 4.90 Å². The SMILES string of the molecule is CCCC1CN(C(C)C2CC3CCC2C3)C(C)CN1. The standard InChI is InChI=1S/C17H32N2/c1-4-5-16-11-19(12(2)10-18-16)13(3)17-9-14-6-7-15(17)8-14/h12-18H,4-11H2,1-3H3. The van der Waals surface area contributed by atoms with Gasteiger partial charge in [0, 0.05) is 31.2 Å². The maximum absolute atomic E-state index is 3.74. The van der Waals surface area contributed by atoms with Crippen molar-refractivity contribution in [2.24, 2.45) is 17.8 Å². The first-order valence-corrected chi connectivity index (χ1v) is 8.68. The smallest absolute Gasteiger partial charge is 0.0196 e. The first kappa shape index (κ1) is 13.9. The second kappa shape index (κ2) is 5.73. The number of fused-ring (bicyclic) bond motifs is 2. The van der Waals surface area contributed by atoms with Crippen LogP contribution in [0.15, 0.2) is 0 Å². The van der Waals surface area contributed by atoms with E-state index in [1.165, 1.54) is 45.2 Å². The van der Waals surface area contributed by atoms with Crippen molar-refractivity contribution in [1.29, 1.82) is 0 Å². The van der Waals surface area contributed by atoms with Crippen LogP contribution >= 0.6 is 0 Å². The molecule has 0 aromatic carbocycles. The van der Waals surface area contributed by atoms with Crippen molar-refractivity contribution in [2.75, 3.05) is 13.1 Å². The summed E-state index contributed by atoms with van der Waals surface area (Å²) in [4.78, 5) is 2.84. The van der Waals surface area contributed by atoms with Gasteiger partial charge in [0.25, 0.3) is 0 Å². The third kappa shape index (κ3) is 2.71. The molecule has 2 aliphatic carbocycles. The molecule has 0 aromatic heterocycles. The second-order valence-corrected chi connectivity index (χ2v) is 7.52. The van der Waals surface area contributed by atoms with Crippen LogP contribution in [0.5, 0.6) is 0 Å². The quantitative estimate of drug-likeness (QED) is 0.838. The molecule has 0 spiro atoms. The van der Waals surface area contributed by atoms with E-state index in [1.54, 1.807) is 6.42 Å². The highest BCUT2D eigenvalue weighted by molar-refractivity contribution is 4.97. The molecule has 2 nitrogen and oxygen atoms in total. The van der Waals surface area contributed by atoms with Gasteiger partial charge < -0.3 is 5.32 Å². The molecule has 2 heteroatoms. The molecule has 1 saturated heterocycles. The molecule has 3 aliphatic rings. The van der Waals surface area contributed by atoms with E-state index in [9.17, 15) is 0 Å². The average Bonchev–Trinajstić information content (AvgIpc) is 3.03. The van der Waals surface area contributed by atoms with Crippen LogP contribution in [-0.2, 0) is 0 Å². The van der Waals surface area contributed by atoms with E-state index in [0.29, 0.717) is 0 Å². The third-order valence-corrected chi connectivity index (χ3v) is 6.27. The van der Waals surface area contributed by atoms with E-state index in [1.807, 2.05) is 0 Å². The zero-order valence-electron chi connectivity index (χ0n) is 13.1. The minimum Gasteiger partial charge on any atom is -0.311 e. The zero-order valence-corrected chi connectivity index (χ0v) is 13.1. The van der Waals surface area contributed by atoms with Crippen LogP contribution in [0.25, 0.3) is 0 Å². The van der Waals surface area contributed by atoms with E-state index < -0.39 is 0 Å². The highest BCUT2D eigenvalue weighted by atomic mass is 15.3. The van der Waals surface area contributed by atoms with Gasteiger partial charge in [-0.05, 0) is 57.3 Å². The molecule has 110 valence electrons. The normalized spacial score (nSPS) is 44.7. The Morgan fingerprint density at radius 3 is 2.74 bits per heavy atom. The van der Waals surface area contributed by atoms with E-state index >= 15 is 0 Å². The van der Waals surface area contributed by atoms with Crippen molar-refractivity contribution in [3.8, 4) is 0 Å². The van der Waals surface area contributed by atoms with Crippen LogP contribution in [-0.4, -0.2) is 36.1 Å². The Bertz CT molecular complexity index is 304. The summed E-state index contributed by atoms with van der Waals surface area (Å²) in [6, 6.07) is 2.27. The van der Waals surface area contributed by atoms with Crippen LogP contribution < -0.4 is 5.32 Å². The van der Waals surface area contributed by atoms with Crippen molar-refractivity contribution >= 4 is 0 Å². The summed E-state index contributed by atoms with van der Waals surface area (Å²) in [5, 5.41) is 3.74. The van der Waals surface area contributed by atoms with Crippen molar-refractivity contribution in [1.82, 2.24) is 10.2 Å². The Morgan fingerprint density at radius 1 is 1.26 bits per heavy atom. The fourth-order valence-electron chi connectivity index (χ4n) is 5.19. The molecule has 2 bridgehead atoms. The molecule has 6 atom stereocenters. The number of piperazine rings is 1. The molecule has 0 aromatic rings. The Balaban J connectivity index is 1.62. The van der Waals surface area contributed by atoms with Gasteiger partial charge in [-0.25, -0.2) is 0 Å². The molecule has 1 heterocycles. The van der Waals surface area contributed by atoms with Crippen LogP contribution in [0, 0.1) is 17.8 Å². The molecule has 2 saturated carbocycles. The van der Waals surface area contributed by atoms with Crippen LogP contribution in [0.3, 0.4) is 0 Å². The van der Waals surface area contributed by atoms with E-state index in [2.05, 4.69) is 31.0 Å². The fourth-order valence-corrected chi connectivity index (χ4v) is 5.19.